The summed E-state index contributed by atoms with van der Waals surface area (Å²) < 4.78 is 7.06. The van der Waals surface area contributed by atoms with Crippen molar-refractivity contribution in [2.45, 2.75) is 39.4 Å². The fraction of sp³-hybridized carbons (Fsp3) is 0.450. The van der Waals surface area contributed by atoms with Crippen LogP contribution in [0.2, 0.25) is 0 Å². The molecule has 0 spiro atoms. The molecule has 1 fully saturated rings. The zero-order valence-corrected chi connectivity index (χ0v) is 16.8. The number of carbonyl (C=O) groups is 2. The van der Waals surface area contributed by atoms with E-state index in [1.807, 2.05) is 42.8 Å². The van der Waals surface area contributed by atoms with E-state index in [-0.39, 0.29) is 18.0 Å². The number of ether oxygens (including phenoxy) is 1. The minimum Gasteiger partial charge on any atom is -0.497 e. The van der Waals surface area contributed by atoms with Crippen molar-refractivity contribution in [3.05, 3.63) is 41.7 Å². The number of benzene rings is 1. The molecule has 0 aliphatic carbocycles. The highest BCUT2D eigenvalue weighted by atomic mass is 16.5. The van der Waals surface area contributed by atoms with Gasteiger partial charge in [0.1, 0.15) is 5.75 Å². The average molecular weight is 385 g/mol. The van der Waals surface area contributed by atoms with Gasteiger partial charge in [0.05, 0.1) is 25.9 Å². The summed E-state index contributed by atoms with van der Waals surface area (Å²) >= 11 is 0. The van der Waals surface area contributed by atoms with Crippen LogP contribution in [0.25, 0.3) is 0 Å². The van der Waals surface area contributed by atoms with Crippen molar-refractivity contribution in [3.8, 4) is 5.75 Å². The van der Waals surface area contributed by atoms with Crippen LogP contribution >= 0.6 is 0 Å². The van der Waals surface area contributed by atoms with E-state index in [9.17, 15) is 9.59 Å². The van der Waals surface area contributed by atoms with E-state index in [2.05, 4.69) is 10.4 Å². The van der Waals surface area contributed by atoms with Crippen molar-refractivity contribution in [3.63, 3.8) is 0 Å². The first kappa shape index (κ1) is 19.7. The van der Waals surface area contributed by atoms with Crippen LogP contribution in [0.5, 0.6) is 5.75 Å². The number of rotatable bonds is 6. The Balaban J connectivity index is 1.58. The van der Waals surface area contributed by atoms with Crippen molar-refractivity contribution in [2.24, 2.45) is 0 Å². The molecule has 0 unspecified atom stereocenters. The van der Waals surface area contributed by atoms with Crippen molar-refractivity contribution >= 4 is 17.6 Å². The molecule has 2 aromatic rings. The van der Waals surface area contributed by atoms with Crippen molar-refractivity contribution in [1.82, 2.24) is 20.0 Å². The summed E-state index contributed by atoms with van der Waals surface area (Å²) in [5.74, 6) is 0.738. The van der Waals surface area contributed by atoms with Crippen LogP contribution in [0.3, 0.4) is 0 Å². The Kier molecular flexibility index (Phi) is 5.87. The maximum atomic E-state index is 12.6. The van der Waals surface area contributed by atoms with Crippen LogP contribution in [0.1, 0.15) is 24.6 Å². The van der Waals surface area contributed by atoms with Crippen LogP contribution in [0.15, 0.2) is 30.5 Å². The monoisotopic (exact) mass is 385 g/mol. The molecular weight excluding hydrogens is 358 g/mol. The predicted molar refractivity (Wildman–Crippen MR) is 106 cm³/mol. The highest BCUT2D eigenvalue weighted by Gasteiger charge is 2.32. The Morgan fingerprint density at radius 2 is 2.07 bits per heavy atom. The molecule has 1 atom stereocenters. The Labute approximate surface area is 165 Å². The largest absolute Gasteiger partial charge is 0.497 e. The Hall–Kier alpha value is -3.03. The highest BCUT2D eigenvalue weighted by Crippen LogP contribution is 2.24. The summed E-state index contributed by atoms with van der Waals surface area (Å²) in [6, 6.07) is 6.92. The minimum atomic E-state index is -0.219. The van der Waals surface area contributed by atoms with E-state index in [1.165, 1.54) is 0 Å². The maximum Gasteiger partial charge on any atom is 0.317 e. The molecule has 1 aromatic carbocycles. The van der Waals surface area contributed by atoms with Crippen molar-refractivity contribution in [2.75, 3.05) is 25.6 Å². The third kappa shape index (κ3) is 4.11. The number of hydrogen-bond donors (Lipinski definition) is 1. The van der Waals surface area contributed by atoms with E-state index in [4.69, 9.17) is 4.74 Å². The number of amides is 3. The van der Waals surface area contributed by atoms with Crippen molar-refractivity contribution in [1.29, 1.82) is 0 Å². The average Bonchev–Trinajstić information content (AvgIpc) is 3.24. The predicted octanol–water partition coefficient (Wildman–Crippen LogP) is 2.17. The summed E-state index contributed by atoms with van der Waals surface area (Å²) in [7, 11) is 3.35. The van der Waals surface area contributed by atoms with Crippen molar-refractivity contribution < 1.29 is 14.3 Å². The van der Waals surface area contributed by atoms with Gasteiger partial charge in [0.2, 0.25) is 5.91 Å². The molecule has 0 radical (unpaired) electrons. The minimum absolute atomic E-state index is 0.00168. The number of nitrogens with one attached hydrogen (secondary N) is 1. The zero-order chi connectivity index (χ0) is 20.3. The van der Waals surface area contributed by atoms with Gasteiger partial charge in [-0.15, -0.1) is 0 Å². The molecule has 3 amide bonds. The molecule has 0 saturated carbocycles. The lowest BCUT2D eigenvalue weighted by Crippen LogP contribution is -2.44. The smallest absolute Gasteiger partial charge is 0.317 e. The van der Waals surface area contributed by atoms with Gasteiger partial charge < -0.3 is 19.9 Å². The van der Waals surface area contributed by atoms with Gasteiger partial charge in [-0.3, -0.25) is 9.48 Å². The van der Waals surface area contributed by atoms with E-state index in [1.54, 1.807) is 30.2 Å². The molecule has 1 saturated heterocycles. The normalized spacial score (nSPS) is 16.4. The number of carbonyl (C=O) groups excluding carboxylic acids is 2. The molecule has 28 heavy (non-hydrogen) atoms. The molecule has 8 heteroatoms. The summed E-state index contributed by atoms with van der Waals surface area (Å²) in [6.45, 7) is 5.76. The number of urea groups is 1. The molecule has 1 aliphatic rings. The van der Waals surface area contributed by atoms with Crippen LogP contribution in [0.4, 0.5) is 10.5 Å². The molecule has 1 aromatic heterocycles. The second-order valence-corrected chi connectivity index (χ2v) is 6.98. The van der Waals surface area contributed by atoms with E-state index in [0.29, 0.717) is 19.5 Å². The van der Waals surface area contributed by atoms with Gasteiger partial charge in [0.15, 0.2) is 0 Å². The first-order chi connectivity index (χ1) is 13.4. The second kappa shape index (κ2) is 8.33. The molecular formula is C20H27N5O3. The van der Waals surface area contributed by atoms with Gasteiger partial charge in [-0.05, 0) is 38.1 Å². The molecule has 2 heterocycles. The Morgan fingerprint density at radius 1 is 1.36 bits per heavy atom. The zero-order valence-electron chi connectivity index (χ0n) is 16.8. The van der Waals surface area contributed by atoms with Gasteiger partial charge >= 0.3 is 6.03 Å². The third-order valence-corrected chi connectivity index (χ3v) is 5.10. The quantitative estimate of drug-likeness (QED) is 0.826. The third-order valence-electron chi connectivity index (χ3n) is 5.10. The second-order valence-electron chi connectivity index (χ2n) is 6.98. The number of hydrogen-bond acceptors (Lipinski definition) is 4. The molecule has 1 N–H and O–H groups in total. The molecule has 0 bridgehead atoms. The van der Waals surface area contributed by atoms with Gasteiger partial charge in [-0.1, -0.05) is 0 Å². The van der Waals surface area contributed by atoms with Gasteiger partial charge in [0, 0.05) is 43.5 Å². The first-order valence-corrected chi connectivity index (χ1v) is 9.40. The number of nitrogens with zero attached hydrogens (tertiary/aromatic N) is 4. The van der Waals surface area contributed by atoms with E-state index < -0.39 is 0 Å². The van der Waals surface area contributed by atoms with Gasteiger partial charge in [-0.25, -0.2) is 4.79 Å². The lowest BCUT2D eigenvalue weighted by molar-refractivity contribution is -0.117. The summed E-state index contributed by atoms with van der Waals surface area (Å²) in [6.07, 6.45) is 2.09. The maximum absolute atomic E-state index is 12.6. The number of methoxy groups -OCH3 is 1. The number of aromatic nitrogens is 2. The molecule has 3 rings (SSSR count). The van der Waals surface area contributed by atoms with Gasteiger partial charge in [-0.2, -0.15) is 5.10 Å². The lowest BCUT2D eigenvalue weighted by atomic mass is 10.2. The topological polar surface area (TPSA) is 79.7 Å². The fourth-order valence-electron chi connectivity index (χ4n) is 3.39. The number of aryl methyl sites for hydroxylation is 1. The molecule has 8 nitrogen and oxygen atoms in total. The highest BCUT2D eigenvalue weighted by molar-refractivity contribution is 5.96. The van der Waals surface area contributed by atoms with Crippen LogP contribution < -0.4 is 15.0 Å². The SMILES string of the molecule is CCn1ncc(CN(C)C(=O)N[C@H]2CC(=O)N(c3ccc(OC)cc3)C2)c1C. The van der Waals surface area contributed by atoms with Crippen LogP contribution in [-0.4, -0.2) is 53.4 Å². The first-order valence-electron chi connectivity index (χ1n) is 9.40. The van der Waals surface area contributed by atoms with Crippen LogP contribution in [0, 0.1) is 6.92 Å². The molecule has 1 aliphatic heterocycles. The summed E-state index contributed by atoms with van der Waals surface area (Å²) in [5.41, 5.74) is 2.88. The van der Waals surface area contributed by atoms with Crippen LogP contribution in [-0.2, 0) is 17.9 Å². The Bertz CT molecular complexity index is 846. The summed E-state index contributed by atoms with van der Waals surface area (Å²) in [4.78, 5) is 28.3. The Morgan fingerprint density at radius 3 is 2.68 bits per heavy atom. The molecule has 150 valence electrons. The van der Waals surface area contributed by atoms with Gasteiger partial charge in [0.25, 0.3) is 0 Å². The fourth-order valence-corrected chi connectivity index (χ4v) is 3.39. The van der Waals surface area contributed by atoms with E-state index >= 15 is 0 Å². The van der Waals surface area contributed by atoms with E-state index in [0.717, 1.165) is 29.2 Å². The summed E-state index contributed by atoms with van der Waals surface area (Å²) in [5, 5.41) is 7.28. The lowest BCUT2D eigenvalue weighted by Gasteiger charge is -2.21. The standard InChI is InChI=1S/C20H27N5O3/c1-5-25-14(2)15(11-21-25)12-23(3)20(27)22-16-10-19(26)24(13-16)17-6-8-18(28-4)9-7-17/h6-9,11,16H,5,10,12-13H2,1-4H3,(H,22,27)/t16-/m0/s1. The number of anilines is 1.